The van der Waals surface area contributed by atoms with Crippen LogP contribution in [-0.2, 0) is 11.3 Å². The van der Waals surface area contributed by atoms with Gasteiger partial charge in [0.05, 0.1) is 6.54 Å². The van der Waals surface area contributed by atoms with E-state index in [0.29, 0.717) is 18.3 Å². The number of aryl methyl sites for hydroxylation is 2. The molecule has 1 amide bonds. The molecule has 4 rings (SSSR count). The van der Waals surface area contributed by atoms with Crippen LogP contribution in [0.25, 0.3) is 11.4 Å². The van der Waals surface area contributed by atoms with Crippen LogP contribution in [0.3, 0.4) is 0 Å². The van der Waals surface area contributed by atoms with Gasteiger partial charge in [0.2, 0.25) is 17.6 Å². The molecule has 1 aliphatic heterocycles. The number of carbonyl (C=O) groups is 1. The van der Waals surface area contributed by atoms with Crippen molar-refractivity contribution in [2.75, 3.05) is 18.4 Å². The number of nitrogens with one attached hydrogen (secondary N) is 1. The maximum absolute atomic E-state index is 12.7. The Kier molecular flexibility index (Phi) is 5.71. The zero-order valence-corrected chi connectivity index (χ0v) is 16.9. The summed E-state index contributed by atoms with van der Waals surface area (Å²) in [5.41, 5.74) is 4.15. The molecule has 1 aromatic heterocycles. The van der Waals surface area contributed by atoms with Gasteiger partial charge in [-0.2, -0.15) is 4.98 Å². The van der Waals surface area contributed by atoms with Gasteiger partial charge in [-0.1, -0.05) is 53.2 Å². The maximum atomic E-state index is 12.7. The van der Waals surface area contributed by atoms with E-state index in [1.165, 1.54) is 5.56 Å². The number of benzene rings is 2. The maximum Gasteiger partial charge on any atom is 0.241 e. The third-order valence-electron chi connectivity index (χ3n) is 5.46. The summed E-state index contributed by atoms with van der Waals surface area (Å²) in [6.45, 7) is 6.38. The summed E-state index contributed by atoms with van der Waals surface area (Å²) >= 11 is 0. The van der Waals surface area contributed by atoms with Gasteiger partial charge in [0.25, 0.3) is 0 Å². The molecule has 2 aromatic carbocycles. The van der Waals surface area contributed by atoms with Crippen LogP contribution in [0.2, 0.25) is 0 Å². The lowest BCUT2D eigenvalue weighted by Gasteiger charge is -2.30. The molecule has 3 aromatic rings. The molecule has 1 saturated heterocycles. The first-order valence-corrected chi connectivity index (χ1v) is 10.1. The Balaban J connectivity index is 1.29. The highest BCUT2D eigenvalue weighted by atomic mass is 16.5. The Morgan fingerprint density at radius 2 is 1.90 bits per heavy atom. The largest absolute Gasteiger partial charge is 0.338 e. The quantitative estimate of drug-likeness (QED) is 0.707. The van der Waals surface area contributed by atoms with E-state index in [0.717, 1.165) is 42.7 Å². The smallest absolute Gasteiger partial charge is 0.241 e. The van der Waals surface area contributed by atoms with Crippen molar-refractivity contribution in [3.05, 3.63) is 65.5 Å². The lowest BCUT2D eigenvalue weighted by molar-refractivity contribution is -0.121. The Morgan fingerprint density at radius 1 is 1.14 bits per heavy atom. The van der Waals surface area contributed by atoms with Crippen molar-refractivity contribution in [2.45, 2.75) is 33.2 Å². The summed E-state index contributed by atoms with van der Waals surface area (Å²) in [7, 11) is 0. The first kappa shape index (κ1) is 19.3. The van der Waals surface area contributed by atoms with Crippen molar-refractivity contribution in [3.63, 3.8) is 0 Å². The molecule has 1 N–H and O–H groups in total. The molecule has 0 bridgehead atoms. The molecule has 0 atom stereocenters. The number of hydrogen-bond donors (Lipinski definition) is 1. The SMILES string of the molecule is Cc1ccc(NC(=O)C2CCN(Cc3nc(-c4ccccc4)no3)CC2)c(C)c1. The molecular formula is C23H26N4O2. The summed E-state index contributed by atoms with van der Waals surface area (Å²) < 4.78 is 5.42. The molecule has 0 saturated carbocycles. The second-order valence-corrected chi connectivity index (χ2v) is 7.74. The molecule has 6 nitrogen and oxygen atoms in total. The van der Waals surface area contributed by atoms with E-state index >= 15 is 0 Å². The Hall–Kier alpha value is -2.99. The number of piperidine rings is 1. The molecule has 1 aliphatic rings. The van der Waals surface area contributed by atoms with Gasteiger partial charge in [0.1, 0.15) is 0 Å². The Bertz CT molecular complexity index is 976. The minimum atomic E-state index is 0.0366. The summed E-state index contributed by atoms with van der Waals surface area (Å²) in [6.07, 6.45) is 1.66. The second kappa shape index (κ2) is 8.57. The first-order valence-electron chi connectivity index (χ1n) is 10.1. The van der Waals surface area contributed by atoms with Crippen molar-refractivity contribution < 1.29 is 9.32 Å². The van der Waals surface area contributed by atoms with Gasteiger partial charge in [0, 0.05) is 17.2 Å². The number of amides is 1. The molecule has 0 spiro atoms. The summed E-state index contributed by atoms with van der Waals surface area (Å²) in [5, 5.41) is 7.17. The van der Waals surface area contributed by atoms with Gasteiger partial charge in [-0.05, 0) is 51.4 Å². The molecule has 0 radical (unpaired) electrons. The van der Waals surface area contributed by atoms with Crippen LogP contribution >= 0.6 is 0 Å². The van der Waals surface area contributed by atoms with Gasteiger partial charge >= 0.3 is 0 Å². The van der Waals surface area contributed by atoms with Crippen LogP contribution in [-0.4, -0.2) is 34.0 Å². The highest BCUT2D eigenvalue weighted by molar-refractivity contribution is 5.93. The number of rotatable bonds is 5. The number of aromatic nitrogens is 2. The summed E-state index contributed by atoms with van der Waals surface area (Å²) in [4.78, 5) is 19.4. The summed E-state index contributed by atoms with van der Waals surface area (Å²) in [5.74, 6) is 1.38. The Morgan fingerprint density at radius 3 is 2.62 bits per heavy atom. The molecule has 2 heterocycles. The van der Waals surface area contributed by atoms with Crippen LogP contribution in [0, 0.1) is 19.8 Å². The highest BCUT2D eigenvalue weighted by Crippen LogP contribution is 2.23. The topological polar surface area (TPSA) is 71.3 Å². The second-order valence-electron chi connectivity index (χ2n) is 7.74. The molecule has 0 aliphatic carbocycles. The van der Waals surface area contributed by atoms with Crippen LogP contribution < -0.4 is 5.32 Å². The molecule has 0 unspecified atom stereocenters. The van der Waals surface area contributed by atoms with Gasteiger partial charge in [-0.3, -0.25) is 9.69 Å². The predicted octanol–water partition coefficient (Wildman–Crippen LogP) is 4.20. The van der Waals surface area contributed by atoms with Crippen LogP contribution in [0.5, 0.6) is 0 Å². The number of likely N-dealkylation sites (tertiary alicyclic amines) is 1. The van der Waals surface area contributed by atoms with Crippen molar-refractivity contribution in [2.24, 2.45) is 5.92 Å². The van der Waals surface area contributed by atoms with Crippen molar-refractivity contribution in [3.8, 4) is 11.4 Å². The molecule has 6 heteroatoms. The standard InChI is InChI=1S/C23H26N4O2/c1-16-8-9-20(17(2)14-16)24-23(28)19-10-12-27(13-11-19)15-21-25-22(26-29-21)18-6-4-3-5-7-18/h3-9,14,19H,10-13,15H2,1-2H3,(H,24,28). The first-order chi connectivity index (χ1) is 14.1. The van der Waals surface area contributed by atoms with Crippen LogP contribution in [0.4, 0.5) is 5.69 Å². The van der Waals surface area contributed by atoms with E-state index in [1.54, 1.807) is 0 Å². The number of nitrogens with zero attached hydrogens (tertiary/aromatic N) is 3. The average molecular weight is 390 g/mol. The van der Waals surface area contributed by atoms with E-state index < -0.39 is 0 Å². The minimum Gasteiger partial charge on any atom is -0.338 e. The summed E-state index contributed by atoms with van der Waals surface area (Å²) in [6, 6.07) is 15.9. The lowest BCUT2D eigenvalue weighted by Crippen LogP contribution is -2.37. The normalized spacial score (nSPS) is 15.4. The number of carbonyl (C=O) groups excluding carboxylic acids is 1. The van der Waals surface area contributed by atoms with E-state index in [2.05, 4.69) is 33.3 Å². The molecular weight excluding hydrogens is 364 g/mol. The predicted molar refractivity (Wildman–Crippen MR) is 112 cm³/mol. The lowest BCUT2D eigenvalue weighted by atomic mass is 9.95. The highest BCUT2D eigenvalue weighted by Gasteiger charge is 2.26. The van der Waals surface area contributed by atoms with Crippen molar-refractivity contribution in [1.29, 1.82) is 0 Å². The van der Waals surface area contributed by atoms with E-state index in [1.807, 2.05) is 49.4 Å². The third kappa shape index (κ3) is 4.71. The van der Waals surface area contributed by atoms with Gasteiger partial charge < -0.3 is 9.84 Å². The van der Waals surface area contributed by atoms with Crippen molar-refractivity contribution in [1.82, 2.24) is 15.0 Å². The molecule has 1 fully saturated rings. The van der Waals surface area contributed by atoms with Gasteiger partial charge in [-0.15, -0.1) is 0 Å². The van der Waals surface area contributed by atoms with Crippen LogP contribution in [0.15, 0.2) is 53.1 Å². The zero-order chi connectivity index (χ0) is 20.2. The fourth-order valence-corrected chi connectivity index (χ4v) is 3.76. The zero-order valence-electron chi connectivity index (χ0n) is 16.9. The molecule has 150 valence electrons. The third-order valence-corrected chi connectivity index (χ3v) is 5.46. The monoisotopic (exact) mass is 390 g/mol. The number of hydrogen-bond acceptors (Lipinski definition) is 5. The Labute approximate surface area is 170 Å². The fraction of sp³-hybridized carbons (Fsp3) is 0.348. The van der Waals surface area contributed by atoms with Crippen LogP contribution in [0.1, 0.15) is 29.9 Å². The fourth-order valence-electron chi connectivity index (χ4n) is 3.76. The number of anilines is 1. The van der Waals surface area contributed by atoms with E-state index in [4.69, 9.17) is 4.52 Å². The van der Waals surface area contributed by atoms with Gasteiger partial charge in [0.15, 0.2) is 0 Å². The molecule has 29 heavy (non-hydrogen) atoms. The van der Waals surface area contributed by atoms with Gasteiger partial charge in [-0.25, -0.2) is 0 Å². The van der Waals surface area contributed by atoms with Crippen molar-refractivity contribution >= 4 is 11.6 Å². The average Bonchev–Trinajstić information content (AvgIpc) is 3.20. The van der Waals surface area contributed by atoms with E-state index in [-0.39, 0.29) is 11.8 Å². The minimum absolute atomic E-state index is 0.0366. The van der Waals surface area contributed by atoms with E-state index in [9.17, 15) is 4.79 Å².